The predicted octanol–water partition coefficient (Wildman–Crippen LogP) is 2.77. The maximum Gasteiger partial charge on any atom is 0.269 e. The van der Waals surface area contributed by atoms with Crippen molar-refractivity contribution < 1.29 is 9.53 Å². The van der Waals surface area contributed by atoms with Gasteiger partial charge in [-0.3, -0.25) is 10.2 Å². The van der Waals surface area contributed by atoms with Crippen LogP contribution in [-0.2, 0) is 11.4 Å². The summed E-state index contributed by atoms with van der Waals surface area (Å²) in [5.74, 6) is 0.390. The monoisotopic (exact) mass is 282 g/mol. The molecular weight excluding hydrogens is 264 g/mol. The molecule has 0 aliphatic carbocycles. The third-order valence-electron chi connectivity index (χ3n) is 2.99. The van der Waals surface area contributed by atoms with Crippen molar-refractivity contribution in [2.24, 2.45) is 0 Å². The Morgan fingerprint density at radius 2 is 1.76 bits per heavy atom. The molecule has 0 heterocycles. The summed E-state index contributed by atoms with van der Waals surface area (Å²) in [6, 6.07) is 16.8. The third kappa shape index (κ3) is 3.92. The van der Waals surface area contributed by atoms with Crippen molar-refractivity contribution >= 4 is 11.6 Å². The molecule has 0 saturated carbocycles. The van der Waals surface area contributed by atoms with Gasteiger partial charge < -0.3 is 10.1 Å². The number of carbonyl (C=O) groups excluding carboxylic acids is 1. The first-order valence-corrected chi connectivity index (χ1v) is 6.85. The van der Waals surface area contributed by atoms with Gasteiger partial charge in [0.2, 0.25) is 0 Å². The molecule has 0 aliphatic rings. The number of hydrogen-bond donors (Lipinski definition) is 2. The number of hydrogen-bond acceptors (Lipinski definition) is 3. The number of likely N-dealkylation sites (N-methyl/N-ethyl adjacent to an activating group) is 1. The number of para-hydroxylation sites is 1. The van der Waals surface area contributed by atoms with E-state index in [0.717, 1.165) is 11.3 Å². The molecule has 4 heteroatoms. The van der Waals surface area contributed by atoms with Gasteiger partial charge in [0.25, 0.3) is 5.91 Å². The van der Waals surface area contributed by atoms with E-state index < -0.39 is 0 Å². The van der Waals surface area contributed by atoms with Gasteiger partial charge in [-0.2, -0.15) is 0 Å². The molecule has 108 valence electrons. The van der Waals surface area contributed by atoms with E-state index in [-0.39, 0.29) is 11.6 Å². The Labute approximate surface area is 124 Å². The number of nitrogens with one attached hydrogen (secondary N) is 2. The van der Waals surface area contributed by atoms with Gasteiger partial charge in [0, 0.05) is 12.1 Å². The van der Waals surface area contributed by atoms with Gasteiger partial charge in [-0.1, -0.05) is 42.5 Å². The van der Waals surface area contributed by atoms with E-state index >= 15 is 0 Å². The summed E-state index contributed by atoms with van der Waals surface area (Å²) >= 11 is 0. The summed E-state index contributed by atoms with van der Waals surface area (Å²) in [6.45, 7) is 2.65. The van der Waals surface area contributed by atoms with Crippen molar-refractivity contribution in [2.45, 2.75) is 13.5 Å². The van der Waals surface area contributed by atoms with Gasteiger partial charge in [-0.25, -0.2) is 0 Å². The molecule has 0 saturated heterocycles. The lowest BCUT2D eigenvalue weighted by molar-refractivity contribution is -0.114. The van der Waals surface area contributed by atoms with Crippen molar-refractivity contribution in [3.8, 4) is 5.75 Å². The maximum absolute atomic E-state index is 11.8. The van der Waals surface area contributed by atoms with E-state index in [2.05, 4.69) is 5.32 Å². The topological polar surface area (TPSA) is 62.2 Å². The van der Waals surface area contributed by atoms with Crippen molar-refractivity contribution in [3.63, 3.8) is 0 Å². The highest BCUT2D eigenvalue weighted by Gasteiger charge is 2.14. The highest BCUT2D eigenvalue weighted by atomic mass is 16.5. The molecule has 0 aliphatic heterocycles. The first-order valence-electron chi connectivity index (χ1n) is 6.85. The van der Waals surface area contributed by atoms with Crippen LogP contribution in [0.2, 0.25) is 0 Å². The summed E-state index contributed by atoms with van der Waals surface area (Å²) in [7, 11) is 0. The zero-order valence-corrected chi connectivity index (χ0v) is 11.9. The second kappa shape index (κ2) is 7.24. The molecule has 0 bridgehead atoms. The van der Waals surface area contributed by atoms with E-state index in [4.69, 9.17) is 10.1 Å². The molecule has 2 N–H and O–H groups in total. The Bertz CT molecular complexity index is 624. The van der Waals surface area contributed by atoms with E-state index in [1.54, 1.807) is 6.07 Å². The van der Waals surface area contributed by atoms with E-state index in [0.29, 0.717) is 18.7 Å². The molecule has 0 spiro atoms. The van der Waals surface area contributed by atoms with Gasteiger partial charge in [0.05, 0.1) is 0 Å². The Morgan fingerprint density at radius 3 is 2.48 bits per heavy atom. The summed E-state index contributed by atoms with van der Waals surface area (Å²) in [6.07, 6.45) is 0. The van der Waals surface area contributed by atoms with Crippen LogP contribution in [0.1, 0.15) is 18.1 Å². The number of benzene rings is 2. The third-order valence-corrected chi connectivity index (χ3v) is 2.99. The number of rotatable bonds is 6. The van der Waals surface area contributed by atoms with Crippen molar-refractivity contribution in [1.29, 1.82) is 5.41 Å². The van der Waals surface area contributed by atoms with E-state index in [9.17, 15) is 4.79 Å². The molecule has 0 unspecified atom stereocenters. The van der Waals surface area contributed by atoms with Crippen molar-refractivity contribution in [1.82, 2.24) is 5.32 Å². The van der Waals surface area contributed by atoms with Crippen LogP contribution in [0.5, 0.6) is 5.75 Å². The van der Waals surface area contributed by atoms with Gasteiger partial charge in [-0.15, -0.1) is 0 Å². The lowest BCUT2D eigenvalue weighted by Gasteiger charge is -2.11. The SMILES string of the molecule is CCNC(=O)C(=N)c1ccccc1COc1ccccc1. The molecule has 2 aromatic carbocycles. The summed E-state index contributed by atoms with van der Waals surface area (Å²) < 4.78 is 5.69. The first kappa shape index (κ1) is 14.8. The smallest absolute Gasteiger partial charge is 0.269 e. The number of ether oxygens (including phenoxy) is 1. The Kier molecular flexibility index (Phi) is 5.10. The molecule has 21 heavy (non-hydrogen) atoms. The Morgan fingerprint density at radius 1 is 1.10 bits per heavy atom. The Hall–Kier alpha value is -2.62. The summed E-state index contributed by atoms with van der Waals surface area (Å²) in [4.78, 5) is 11.8. The second-order valence-corrected chi connectivity index (χ2v) is 4.49. The number of carbonyl (C=O) groups is 1. The van der Waals surface area contributed by atoms with Crippen LogP contribution in [0, 0.1) is 5.41 Å². The fraction of sp³-hybridized carbons (Fsp3) is 0.176. The van der Waals surface area contributed by atoms with E-state index in [1.807, 2.05) is 55.5 Å². The van der Waals surface area contributed by atoms with Crippen LogP contribution in [0.25, 0.3) is 0 Å². The minimum absolute atomic E-state index is 0.0379. The van der Waals surface area contributed by atoms with Gasteiger partial charge in [0.1, 0.15) is 18.1 Å². The average molecular weight is 282 g/mol. The van der Waals surface area contributed by atoms with Gasteiger partial charge in [0.15, 0.2) is 0 Å². The van der Waals surface area contributed by atoms with Crippen molar-refractivity contribution in [2.75, 3.05) is 6.54 Å². The molecule has 1 amide bonds. The minimum atomic E-state index is -0.371. The largest absolute Gasteiger partial charge is 0.489 e. The normalized spacial score (nSPS) is 9.95. The summed E-state index contributed by atoms with van der Waals surface area (Å²) in [5, 5.41) is 10.6. The van der Waals surface area contributed by atoms with Crippen LogP contribution in [0.3, 0.4) is 0 Å². The molecule has 0 atom stereocenters. The summed E-state index contributed by atoms with van der Waals surface area (Å²) in [5.41, 5.74) is 1.38. The quantitative estimate of drug-likeness (QED) is 0.800. The highest BCUT2D eigenvalue weighted by molar-refractivity contribution is 6.44. The van der Waals surface area contributed by atoms with Crippen LogP contribution in [-0.4, -0.2) is 18.2 Å². The molecule has 2 rings (SSSR count). The molecular formula is C17H18N2O2. The fourth-order valence-electron chi connectivity index (χ4n) is 1.94. The first-order chi connectivity index (χ1) is 10.2. The van der Waals surface area contributed by atoms with Crippen LogP contribution in [0.15, 0.2) is 54.6 Å². The zero-order valence-electron chi connectivity index (χ0n) is 11.9. The van der Waals surface area contributed by atoms with Crippen LogP contribution >= 0.6 is 0 Å². The van der Waals surface area contributed by atoms with Crippen molar-refractivity contribution in [3.05, 3.63) is 65.7 Å². The number of amides is 1. The van der Waals surface area contributed by atoms with E-state index in [1.165, 1.54) is 0 Å². The van der Waals surface area contributed by atoms with Crippen LogP contribution < -0.4 is 10.1 Å². The van der Waals surface area contributed by atoms with Gasteiger partial charge in [-0.05, 0) is 24.6 Å². The standard InChI is InChI=1S/C17H18N2O2/c1-2-19-17(20)16(18)15-11-7-6-8-13(15)12-21-14-9-4-3-5-10-14/h3-11,18H,2,12H2,1H3,(H,19,20). The fourth-order valence-corrected chi connectivity index (χ4v) is 1.94. The lowest BCUT2D eigenvalue weighted by Crippen LogP contribution is -2.31. The average Bonchev–Trinajstić information content (AvgIpc) is 2.54. The molecule has 4 nitrogen and oxygen atoms in total. The molecule has 0 radical (unpaired) electrons. The second-order valence-electron chi connectivity index (χ2n) is 4.49. The highest BCUT2D eigenvalue weighted by Crippen LogP contribution is 2.15. The minimum Gasteiger partial charge on any atom is -0.489 e. The molecule has 2 aromatic rings. The molecule has 0 aromatic heterocycles. The molecule has 0 fully saturated rings. The maximum atomic E-state index is 11.8. The lowest BCUT2D eigenvalue weighted by atomic mass is 10.0. The zero-order chi connectivity index (χ0) is 15.1. The Balaban J connectivity index is 2.13. The predicted molar refractivity (Wildman–Crippen MR) is 82.7 cm³/mol. The van der Waals surface area contributed by atoms with Crippen LogP contribution in [0.4, 0.5) is 0 Å². The van der Waals surface area contributed by atoms with Gasteiger partial charge >= 0.3 is 0 Å².